The van der Waals surface area contributed by atoms with Crippen LogP contribution < -0.4 is 10.2 Å². The van der Waals surface area contributed by atoms with Gasteiger partial charge in [0.2, 0.25) is 5.75 Å². The molecule has 0 aliphatic carbocycles. The number of fused-ring (bicyclic) bond motifs is 1. The summed E-state index contributed by atoms with van der Waals surface area (Å²) >= 11 is 0. The van der Waals surface area contributed by atoms with E-state index in [1.54, 1.807) is 24.3 Å². The van der Waals surface area contributed by atoms with Crippen LogP contribution >= 0.6 is 0 Å². The van der Waals surface area contributed by atoms with Crippen LogP contribution in [0.3, 0.4) is 0 Å². The van der Waals surface area contributed by atoms with E-state index >= 15 is 0 Å². The highest BCUT2D eigenvalue weighted by atomic mass is 17.2. The van der Waals surface area contributed by atoms with Crippen molar-refractivity contribution < 1.29 is 14.6 Å². The van der Waals surface area contributed by atoms with Crippen LogP contribution in [0.4, 0.5) is 10.5 Å². The van der Waals surface area contributed by atoms with Gasteiger partial charge in [0, 0.05) is 0 Å². The Morgan fingerprint density at radius 1 is 1.18 bits per heavy atom. The van der Waals surface area contributed by atoms with Crippen LogP contribution in [0.5, 0.6) is 5.75 Å². The Balaban J connectivity index is 2.41. The molecule has 1 aromatic carbocycles. The van der Waals surface area contributed by atoms with Crippen molar-refractivity contribution in [2.75, 3.05) is 5.32 Å². The van der Waals surface area contributed by atoms with Crippen LogP contribution in [0.1, 0.15) is 0 Å². The van der Waals surface area contributed by atoms with Crippen molar-refractivity contribution in [1.29, 1.82) is 0 Å². The maximum atomic E-state index is 10.6. The van der Waals surface area contributed by atoms with Gasteiger partial charge in [0.25, 0.3) is 0 Å². The first-order valence-corrected chi connectivity index (χ1v) is 3.11. The molecule has 1 aliphatic heterocycles. The molecule has 0 saturated carbocycles. The molecule has 0 bridgehead atoms. The fourth-order valence-electron chi connectivity index (χ4n) is 0.856. The Labute approximate surface area is 62.7 Å². The van der Waals surface area contributed by atoms with Gasteiger partial charge in [-0.2, -0.15) is 0 Å². The molecule has 1 amide bonds. The van der Waals surface area contributed by atoms with Crippen LogP contribution in [0.25, 0.3) is 0 Å². The van der Waals surface area contributed by atoms with Gasteiger partial charge in [-0.1, -0.05) is 12.1 Å². The first-order chi connectivity index (χ1) is 5.36. The maximum Gasteiger partial charge on any atom is 0.454 e. The molecule has 4 heteroatoms. The molecular formula is C7H5NO3. The minimum absolute atomic E-state index is 0.520. The second-order valence-electron chi connectivity index (χ2n) is 2.08. The number of amides is 1. The second-order valence-corrected chi connectivity index (χ2v) is 2.08. The standard InChI is InChI=1S/C7H5NO3/c9-7-8-5-3-1-2-4-6(5)10-11-7/h1-4H,(H,8,9). The van der Waals surface area contributed by atoms with Crippen LogP contribution in [-0.4, -0.2) is 6.09 Å². The predicted molar refractivity (Wildman–Crippen MR) is 37.2 cm³/mol. The third-order valence-corrected chi connectivity index (χ3v) is 1.33. The highest BCUT2D eigenvalue weighted by Crippen LogP contribution is 2.26. The number of hydrogen-bond donors (Lipinski definition) is 1. The largest absolute Gasteiger partial charge is 0.454 e. The van der Waals surface area contributed by atoms with Crippen molar-refractivity contribution in [3.8, 4) is 5.75 Å². The Bertz CT molecular complexity index is 297. The zero-order chi connectivity index (χ0) is 7.68. The van der Waals surface area contributed by atoms with Gasteiger partial charge in [0.1, 0.15) is 0 Å². The highest BCUT2D eigenvalue weighted by Gasteiger charge is 2.16. The van der Waals surface area contributed by atoms with Crippen LogP contribution in [0, 0.1) is 0 Å². The van der Waals surface area contributed by atoms with E-state index in [2.05, 4.69) is 15.1 Å². The van der Waals surface area contributed by atoms with Crippen molar-refractivity contribution in [3.05, 3.63) is 24.3 Å². The predicted octanol–water partition coefficient (Wildman–Crippen LogP) is 1.54. The summed E-state index contributed by atoms with van der Waals surface area (Å²) < 4.78 is 0. The molecule has 0 fully saturated rings. The second kappa shape index (κ2) is 2.16. The van der Waals surface area contributed by atoms with E-state index in [1.165, 1.54) is 0 Å². The summed E-state index contributed by atoms with van der Waals surface area (Å²) in [5.74, 6) is 0.520. The average Bonchev–Trinajstić information content (AvgIpc) is 2.04. The SMILES string of the molecule is O=C1Nc2ccccc2OO1. The number of para-hydroxylation sites is 2. The lowest BCUT2D eigenvalue weighted by Gasteiger charge is -2.14. The van der Waals surface area contributed by atoms with E-state index in [1.807, 2.05) is 0 Å². The molecule has 2 rings (SSSR count). The molecule has 0 aromatic heterocycles. The Morgan fingerprint density at radius 3 is 2.91 bits per heavy atom. The van der Waals surface area contributed by atoms with Gasteiger partial charge in [-0.25, -0.2) is 9.68 Å². The van der Waals surface area contributed by atoms with Crippen molar-refractivity contribution in [2.45, 2.75) is 0 Å². The summed E-state index contributed by atoms with van der Waals surface area (Å²) in [7, 11) is 0. The molecule has 0 saturated heterocycles. The molecule has 1 aromatic rings. The Morgan fingerprint density at radius 2 is 2.00 bits per heavy atom. The van der Waals surface area contributed by atoms with E-state index in [0.29, 0.717) is 11.4 Å². The van der Waals surface area contributed by atoms with Gasteiger partial charge < -0.3 is 0 Å². The number of carbonyl (C=O) groups is 1. The van der Waals surface area contributed by atoms with Crippen molar-refractivity contribution in [1.82, 2.24) is 0 Å². The van der Waals surface area contributed by atoms with Gasteiger partial charge in [-0.15, -0.1) is 0 Å². The maximum absolute atomic E-state index is 10.6. The summed E-state index contributed by atoms with van der Waals surface area (Å²) in [5, 5.41) is 2.47. The van der Waals surface area contributed by atoms with Crippen LogP contribution in [-0.2, 0) is 4.89 Å². The fraction of sp³-hybridized carbons (Fsp3) is 0. The molecule has 0 atom stereocenters. The monoisotopic (exact) mass is 151 g/mol. The first kappa shape index (κ1) is 6.03. The number of benzene rings is 1. The number of nitrogens with one attached hydrogen (secondary N) is 1. The van der Waals surface area contributed by atoms with Crippen LogP contribution in [0.15, 0.2) is 24.3 Å². The molecule has 1 aliphatic rings. The van der Waals surface area contributed by atoms with Crippen molar-refractivity contribution in [3.63, 3.8) is 0 Å². The lowest BCUT2D eigenvalue weighted by Crippen LogP contribution is -2.21. The van der Waals surface area contributed by atoms with Gasteiger partial charge in [-0.3, -0.25) is 10.2 Å². The van der Waals surface area contributed by atoms with Gasteiger partial charge >= 0.3 is 6.09 Å². The van der Waals surface area contributed by atoms with E-state index in [4.69, 9.17) is 0 Å². The molecule has 0 radical (unpaired) electrons. The summed E-state index contributed by atoms with van der Waals surface area (Å²) in [5.41, 5.74) is 0.628. The lowest BCUT2D eigenvalue weighted by molar-refractivity contribution is -0.140. The highest BCUT2D eigenvalue weighted by molar-refractivity contribution is 5.87. The van der Waals surface area contributed by atoms with E-state index < -0.39 is 6.09 Å². The number of carbonyl (C=O) groups excluding carboxylic acids is 1. The van der Waals surface area contributed by atoms with E-state index in [9.17, 15) is 4.79 Å². The normalized spacial score (nSPS) is 14.0. The summed E-state index contributed by atoms with van der Waals surface area (Å²) in [4.78, 5) is 19.4. The van der Waals surface area contributed by atoms with Gasteiger partial charge in [0.15, 0.2) is 0 Å². The van der Waals surface area contributed by atoms with Crippen molar-refractivity contribution >= 4 is 11.8 Å². The van der Waals surface area contributed by atoms with Crippen LogP contribution in [0.2, 0.25) is 0 Å². The fourth-order valence-corrected chi connectivity index (χ4v) is 0.856. The topological polar surface area (TPSA) is 47.6 Å². The molecule has 0 unspecified atom stereocenters. The number of anilines is 1. The Kier molecular flexibility index (Phi) is 1.18. The van der Waals surface area contributed by atoms with Crippen molar-refractivity contribution in [2.24, 2.45) is 0 Å². The summed E-state index contributed by atoms with van der Waals surface area (Å²) in [6.07, 6.45) is -0.594. The summed E-state index contributed by atoms with van der Waals surface area (Å²) in [6.45, 7) is 0. The van der Waals surface area contributed by atoms with E-state index in [-0.39, 0.29) is 0 Å². The molecule has 11 heavy (non-hydrogen) atoms. The quantitative estimate of drug-likeness (QED) is 0.572. The third-order valence-electron chi connectivity index (χ3n) is 1.33. The number of rotatable bonds is 0. The Hall–Kier alpha value is -1.71. The van der Waals surface area contributed by atoms with E-state index in [0.717, 1.165) is 0 Å². The molecule has 1 heterocycles. The molecular weight excluding hydrogens is 146 g/mol. The molecule has 1 N–H and O–H groups in total. The first-order valence-electron chi connectivity index (χ1n) is 3.11. The third kappa shape index (κ3) is 0.980. The zero-order valence-electron chi connectivity index (χ0n) is 5.53. The molecule has 0 spiro atoms. The van der Waals surface area contributed by atoms with Gasteiger partial charge in [0.05, 0.1) is 5.69 Å². The molecule has 4 nitrogen and oxygen atoms in total. The minimum atomic E-state index is -0.594. The zero-order valence-corrected chi connectivity index (χ0v) is 5.53. The average molecular weight is 151 g/mol. The lowest BCUT2D eigenvalue weighted by atomic mass is 10.3. The smallest absolute Gasteiger partial charge is 0.284 e. The minimum Gasteiger partial charge on any atom is -0.284 e. The van der Waals surface area contributed by atoms with Gasteiger partial charge in [-0.05, 0) is 12.1 Å². The molecule has 56 valence electrons. The summed E-state index contributed by atoms with van der Waals surface area (Å²) in [6, 6.07) is 7.03. The number of hydrogen-bond acceptors (Lipinski definition) is 3.